The molecule has 4 unspecified atom stereocenters. The van der Waals surface area contributed by atoms with Gasteiger partial charge in [0.05, 0.1) is 6.04 Å². The van der Waals surface area contributed by atoms with E-state index in [0.717, 1.165) is 6.42 Å². The lowest BCUT2D eigenvalue weighted by atomic mass is 10.0. The minimum Gasteiger partial charge on any atom is -0.481 e. The van der Waals surface area contributed by atoms with Crippen LogP contribution < -0.4 is 27.4 Å². The van der Waals surface area contributed by atoms with Gasteiger partial charge in [0.15, 0.2) is 0 Å². The van der Waals surface area contributed by atoms with Crippen molar-refractivity contribution in [3.63, 3.8) is 0 Å². The smallest absolute Gasteiger partial charge is 0.326 e. The molecule has 35 heavy (non-hydrogen) atoms. The minimum atomic E-state index is -1.41. The van der Waals surface area contributed by atoms with Gasteiger partial charge >= 0.3 is 11.9 Å². The van der Waals surface area contributed by atoms with E-state index in [1.807, 2.05) is 20.1 Å². The van der Waals surface area contributed by atoms with Crippen molar-refractivity contribution >= 4 is 41.4 Å². The van der Waals surface area contributed by atoms with E-state index >= 15 is 0 Å². The maximum Gasteiger partial charge on any atom is 0.326 e. The zero-order valence-corrected chi connectivity index (χ0v) is 21.6. The summed E-state index contributed by atoms with van der Waals surface area (Å²) in [6.45, 7) is 4.25. The second kappa shape index (κ2) is 18.0. The molecule has 0 aliphatic carbocycles. The van der Waals surface area contributed by atoms with Gasteiger partial charge in [0, 0.05) is 6.42 Å². The van der Waals surface area contributed by atoms with E-state index in [0.29, 0.717) is 31.6 Å². The van der Waals surface area contributed by atoms with Crippen molar-refractivity contribution in [2.75, 3.05) is 18.6 Å². The number of carbonyl (C=O) groups excluding carboxylic acids is 3. The molecule has 0 rings (SSSR count). The van der Waals surface area contributed by atoms with Crippen molar-refractivity contribution in [1.82, 2.24) is 16.0 Å². The van der Waals surface area contributed by atoms with Gasteiger partial charge in [-0.15, -0.1) is 0 Å². The van der Waals surface area contributed by atoms with Gasteiger partial charge in [-0.2, -0.15) is 11.8 Å². The number of thioether (sulfide) groups is 1. The highest BCUT2D eigenvalue weighted by atomic mass is 32.2. The first-order valence-electron chi connectivity index (χ1n) is 11.7. The van der Waals surface area contributed by atoms with Crippen molar-refractivity contribution in [3.8, 4) is 0 Å². The fourth-order valence-corrected chi connectivity index (χ4v) is 3.67. The van der Waals surface area contributed by atoms with Crippen LogP contribution >= 0.6 is 11.8 Å². The van der Waals surface area contributed by atoms with Crippen LogP contribution in [0.3, 0.4) is 0 Å². The first kappa shape index (κ1) is 32.6. The van der Waals surface area contributed by atoms with E-state index in [1.165, 1.54) is 11.8 Å². The van der Waals surface area contributed by atoms with Crippen LogP contribution in [-0.2, 0) is 24.0 Å². The highest BCUT2D eigenvalue weighted by Crippen LogP contribution is 2.09. The van der Waals surface area contributed by atoms with Crippen LogP contribution in [0.4, 0.5) is 0 Å². The summed E-state index contributed by atoms with van der Waals surface area (Å²) < 4.78 is 0. The quantitative estimate of drug-likeness (QED) is 0.110. The Morgan fingerprint density at radius 3 is 1.91 bits per heavy atom. The molecule has 0 heterocycles. The van der Waals surface area contributed by atoms with Gasteiger partial charge in [-0.3, -0.25) is 19.2 Å². The maximum absolute atomic E-state index is 13.0. The normalized spacial score (nSPS) is 14.5. The number of carboxylic acids is 2. The fraction of sp³-hybridized carbons (Fsp3) is 0.773. The highest BCUT2D eigenvalue weighted by Gasteiger charge is 2.30. The predicted octanol–water partition coefficient (Wildman–Crippen LogP) is -0.354. The number of hydrogen-bond donors (Lipinski definition) is 7. The van der Waals surface area contributed by atoms with Gasteiger partial charge in [-0.05, 0) is 56.6 Å². The lowest BCUT2D eigenvalue weighted by Crippen LogP contribution is -2.57. The third-order valence-electron chi connectivity index (χ3n) is 5.15. The summed E-state index contributed by atoms with van der Waals surface area (Å²) in [5.74, 6) is -3.82. The summed E-state index contributed by atoms with van der Waals surface area (Å²) >= 11 is 1.44. The second-order valence-corrected chi connectivity index (χ2v) is 9.74. The van der Waals surface area contributed by atoms with Crippen LogP contribution in [0.1, 0.15) is 58.8 Å². The maximum atomic E-state index is 13.0. The molecule has 13 heteroatoms. The van der Waals surface area contributed by atoms with Gasteiger partial charge in [0.1, 0.15) is 18.1 Å². The number of unbranched alkanes of at least 4 members (excludes halogenated alkanes) is 1. The average Bonchev–Trinajstić information content (AvgIpc) is 2.77. The average molecular weight is 520 g/mol. The Labute approximate surface area is 210 Å². The van der Waals surface area contributed by atoms with E-state index in [-0.39, 0.29) is 18.8 Å². The molecule has 9 N–H and O–H groups in total. The lowest BCUT2D eigenvalue weighted by molar-refractivity contribution is -0.143. The van der Waals surface area contributed by atoms with Crippen molar-refractivity contribution in [2.24, 2.45) is 17.4 Å². The summed E-state index contributed by atoms with van der Waals surface area (Å²) in [6.07, 6.45) is 3.43. The number of carbonyl (C=O) groups is 5. The number of nitrogens with one attached hydrogen (secondary N) is 3. The molecular weight excluding hydrogens is 478 g/mol. The molecule has 12 nitrogen and oxygen atoms in total. The molecule has 3 amide bonds. The number of hydrogen-bond acceptors (Lipinski definition) is 8. The molecule has 0 aliphatic heterocycles. The number of carboxylic acid groups (broad SMARTS) is 2. The Bertz CT molecular complexity index is 708. The molecule has 0 fully saturated rings. The summed E-state index contributed by atoms with van der Waals surface area (Å²) in [5.41, 5.74) is 11.4. The number of aliphatic carboxylic acids is 2. The SMILES string of the molecule is CSCCC(NC(=O)C(CC(C)C)NC(=O)C(N)CCCCN)C(=O)NC(CCC(=O)O)C(=O)O. The van der Waals surface area contributed by atoms with Crippen LogP contribution in [0.5, 0.6) is 0 Å². The van der Waals surface area contributed by atoms with Crippen LogP contribution in [0.15, 0.2) is 0 Å². The van der Waals surface area contributed by atoms with Crippen molar-refractivity contribution in [1.29, 1.82) is 0 Å². The lowest BCUT2D eigenvalue weighted by Gasteiger charge is -2.26. The molecular formula is C22H41N5O7S. The Balaban J connectivity index is 5.39. The topological polar surface area (TPSA) is 214 Å². The van der Waals surface area contributed by atoms with Crippen molar-refractivity contribution in [3.05, 3.63) is 0 Å². The molecule has 0 aromatic heterocycles. The second-order valence-electron chi connectivity index (χ2n) is 8.76. The largest absolute Gasteiger partial charge is 0.481 e. The minimum absolute atomic E-state index is 0.0467. The molecule has 0 aromatic carbocycles. The van der Waals surface area contributed by atoms with Gasteiger partial charge in [0.25, 0.3) is 0 Å². The third-order valence-corrected chi connectivity index (χ3v) is 5.80. The van der Waals surface area contributed by atoms with Crippen molar-refractivity contribution < 1.29 is 34.2 Å². The predicted molar refractivity (Wildman–Crippen MR) is 134 cm³/mol. The molecule has 0 bridgehead atoms. The molecule has 0 spiro atoms. The molecule has 202 valence electrons. The van der Waals surface area contributed by atoms with Crippen LogP contribution in [0.2, 0.25) is 0 Å². The van der Waals surface area contributed by atoms with E-state index in [1.54, 1.807) is 0 Å². The molecule has 4 atom stereocenters. The monoisotopic (exact) mass is 519 g/mol. The van der Waals surface area contributed by atoms with Crippen LogP contribution in [0.25, 0.3) is 0 Å². The van der Waals surface area contributed by atoms with Gasteiger partial charge < -0.3 is 37.6 Å². The number of amides is 3. The Morgan fingerprint density at radius 1 is 0.829 bits per heavy atom. The zero-order chi connectivity index (χ0) is 27.0. The standard InChI is InChI=1S/C22H41N5O7S/c1-13(2)12-17(27-19(30)14(24)6-4-5-10-23)21(32)25-15(9-11-35-3)20(31)26-16(22(33)34)7-8-18(28)29/h13-17H,4-12,23-24H2,1-3H3,(H,25,32)(H,26,31)(H,27,30)(H,28,29)(H,33,34). The summed E-state index contributed by atoms with van der Waals surface area (Å²) in [4.78, 5) is 60.6. The number of nitrogens with two attached hydrogens (primary N) is 2. The van der Waals surface area contributed by atoms with E-state index in [2.05, 4.69) is 16.0 Å². The Morgan fingerprint density at radius 2 is 1.40 bits per heavy atom. The first-order valence-corrected chi connectivity index (χ1v) is 13.1. The van der Waals surface area contributed by atoms with E-state index in [9.17, 15) is 29.1 Å². The summed E-state index contributed by atoms with van der Waals surface area (Å²) in [6, 6.07) is -4.21. The zero-order valence-electron chi connectivity index (χ0n) is 20.7. The number of rotatable bonds is 19. The van der Waals surface area contributed by atoms with Crippen LogP contribution in [0, 0.1) is 5.92 Å². The Hall–Kier alpha value is -2.38. The van der Waals surface area contributed by atoms with Gasteiger partial charge in [-0.25, -0.2) is 4.79 Å². The van der Waals surface area contributed by atoms with Gasteiger partial charge in [0.2, 0.25) is 17.7 Å². The molecule has 0 saturated heterocycles. The van der Waals surface area contributed by atoms with E-state index < -0.39 is 60.2 Å². The summed E-state index contributed by atoms with van der Waals surface area (Å²) in [7, 11) is 0. The molecule has 0 saturated carbocycles. The van der Waals surface area contributed by atoms with Crippen LogP contribution in [-0.4, -0.2) is 82.6 Å². The summed E-state index contributed by atoms with van der Waals surface area (Å²) in [5, 5.41) is 25.7. The first-order chi connectivity index (χ1) is 16.4. The third kappa shape index (κ3) is 14.6. The van der Waals surface area contributed by atoms with Crippen molar-refractivity contribution in [2.45, 2.75) is 83.0 Å². The highest BCUT2D eigenvalue weighted by molar-refractivity contribution is 7.98. The Kier molecular flexibility index (Phi) is 16.7. The molecule has 0 aromatic rings. The fourth-order valence-electron chi connectivity index (χ4n) is 3.20. The molecule has 0 aliphatic rings. The molecule has 0 radical (unpaired) electrons. The van der Waals surface area contributed by atoms with E-state index in [4.69, 9.17) is 16.6 Å². The van der Waals surface area contributed by atoms with Gasteiger partial charge in [-0.1, -0.05) is 20.3 Å².